The maximum absolute atomic E-state index is 12.2. The number of benzene rings is 1. The van der Waals surface area contributed by atoms with Crippen molar-refractivity contribution in [3.63, 3.8) is 0 Å². The minimum atomic E-state index is -3.73. The Bertz CT molecular complexity index is 683. The lowest BCUT2D eigenvalue weighted by Crippen LogP contribution is -2.21. The van der Waals surface area contributed by atoms with Crippen LogP contribution in [0.2, 0.25) is 0 Å². The van der Waals surface area contributed by atoms with Crippen LogP contribution in [0.1, 0.15) is 19.4 Å². The van der Waals surface area contributed by atoms with Crippen molar-refractivity contribution in [1.82, 2.24) is 0 Å². The Balaban J connectivity index is 2.19. The van der Waals surface area contributed by atoms with Crippen LogP contribution in [0, 0.1) is 0 Å². The molecule has 0 aliphatic carbocycles. The van der Waals surface area contributed by atoms with Crippen molar-refractivity contribution in [1.29, 1.82) is 0 Å². The summed E-state index contributed by atoms with van der Waals surface area (Å²) in [6.45, 7) is 3.96. The Morgan fingerprint density at radius 3 is 2.81 bits per heavy atom. The first-order valence-electron chi connectivity index (χ1n) is 6.49. The van der Waals surface area contributed by atoms with Crippen LogP contribution in [-0.2, 0) is 26.0 Å². The summed E-state index contributed by atoms with van der Waals surface area (Å²) < 4.78 is 32.8. The number of amidine groups is 1. The number of anilines is 1. The first kappa shape index (κ1) is 15.8. The first-order valence-corrected chi connectivity index (χ1v) is 8.92. The van der Waals surface area contributed by atoms with Crippen LogP contribution < -0.4 is 5.32 Å². The number of hydrogen-bond acceptors (Lipinski definition) is 6. The van der Waals surface area contributed by atoms with E-state index in [0.29, 0.717) is 12.3 Å². The van der Waals surface area contributed by atoms with Gasteiger partial charge in [-0.15, -0.1) is 4.40 Å². The van der Waals surface area contributed by atoms with Gasteiger partial charge in [-0.25, -0.2) is 0 Å². The van der Waals surface area contributed by atoms with Crippen LogP contribution >= 0.6 is 11.8 Å². The van der Waals surface area contributed by atoms with Gasteiger partial charge in [-0.1, -0.05) is 24.8 Å². The lowest BCUT2D eigenvalue weighted by Gasteiger charge is -2.18. The number of nitrogens with zero attached hydrogens (tertiary/aromatic N) is 1. The second kappa shape index (κ2) is 6.48. The zero-order valence-electron chi connectivity index (χ0n) is 11.8. The van der Waals surface area contributed by atoms with Crippen molar-refractivity contribution in [2.24, 2.45) is 4.40 Å². The lowest BCUT2D eigenvalue weighted by atomic mass is 10.1. The average Bonchev–Trinajstić information content (AvgIpc) is 2.44. The molecular formula is C13H16N2O4S2. The number of nitrogens with one attached hydrogen (secondary N) is 1. The molecule has 0 amide bonds. The number of carbonyl (C=O) groups excluding carboxylic acids is 1. The third-order valence-corrected chi connectivity index (χ3v) is 5.09. The smallest absolute Gasteiger partial charge is 0.316 e. The van der Waals surface area contributed by atoms with Gasteiger partial charge in [0.15, 0.2) is 5.17 Å². The van der Waals surface area contributed by atoms with Crippen LogP contribution in [0.5, 0.6) is 0 Å². The maximum atomic E-state index is 12.2. The van der Waals surface area contributed by atoms with E-state index >= 15 is 0 Å². The van der Waals surface area contributed by atoms with Gasteiger partial charge in [0.05, 0.1) is 18.0 Å². The Labute approximate surface area is 128 Å². The van der Waals surface area contributed by atoms with Crippen LogP contribution in [0.15, 0.2) is 27.5 Å². The number of rotatable bonds is 4. The fraction of sp³-hybridized carbons (Fsp3) is 0.385. The minimum Gasteiger partial charge on any atom is -0.465 e. The summed E-state index contributed by atoms with van der Waals surface area (Å²) >= 11 is 1.01. The lowest BCUT2D eigenvalue weighted by molar-refractivity contribution is -0.139. The summed E-state index contributed by atoms with van der Waals surface area (Å²) in [7, 11) is -3.73. The van der Waals surface area contributed by atoms with E-state index in [0.717, 1.165) is 23.7 Å². The van der Waals surface area contributed by atoms with Crippen molar-refractivity contribution in [2.75, 3.05) is 17.7 Å². The Morgan fingerprint density at radius 1 is 1.38 bits per heavy atom. The number of sulfonamides is 1. The molecule has 1 aromatic rings. The molecule has 1 aliphatic heterocycles. The van der Waals surface area contributed by atoms with Gasteiger partial charge >= 0.3 is 5.97 Å². The van der Waals surface area contributed by atoms with E-state index in [1.165, 1.54) is 0 Å². The molecule has 0 fully saturated rings. The third-order valence-electron chi connectivity index (χ3n) is 2.81. The van der Waals surface area contributed by atoms with Crippen molar-refractivity contribution in [3.05, 3.63) is 23.8 Å². The molecule has 114 valence electrons. The molecule has 0 bridgehead atoms. The maximum Gasteiger partial charge on any atom is 0.316 e. The van der Waals surface area contributed by atoms with E-state index in [1.807, 2.05) is 13.0 Å². The molecule has 2 rings (SSSR count). The quantitative estimate of drug-likeness (QED) is 0.851. The zero-order chi connectivity index (χ0) is 15.5. The molecule has 1 heterocycles. The fourth-order valence-corrected chi connectivity index (χ4v) is 3.88. The highest BCUT2D eigenvalue weighted by molar-refractivity contribution is 8.15. The van der Waals surface area contributed by atoms with Crippen LogP contribution in [-0.4, -0.2) is 31.9 Å². The summed E-state index contributed by atoms with van der Waals surface area (Å²) in [5.74, 6) is -0.395. The van der Waals surface area contributed by atoms with Crippen molar-refractivity contribution in [3.8, 4) is 0 Å². The van der Waals surface area contributed by atoms with Gasteiger partial charge in [-0.05, 0) is 31.0 Å². The highest BCUT2D eigenvalue weighted by atomic mass is 32.2. The number of esters is 1. The molecule has 6 nitrogen and oxygen atoms in total. The van der Waals surface area contributed by atoms with E-state index < -0.39 is 16.0 Å². The SMILES string of the molecule is CCOC(=O)CSC1=NS(=O)(=O)c2cc(CC)ccc2N1. The van der Waals surface area contributed by atoms with E-state index in [9.17, 15) is 13.2 Å². The summed E-state index contributed by atoms with van der Waals surface area (Å²) in [5, 5.41) is 3.11. The normalized spacial score (nSPS) is 15.6. The molecule has 0 saturated carbocycles. The summed E-state index contributed by atoms with van der Waals surface area (Å²) in [4.78, 5) is 11.5. The molecular weight excluding hydrogens is 312 g/mol. The van der Waals surface area contributed by atoms with E-state index in [2.05, 4.69) is 9.71 Å². The minimum absolute atomic E-state index is 0.0115. The Kier molecular flexibility index (Phi) is 4.89. The second-order valence-electron chi connectivity index (χ2n) is 4.27. The zero-order valence-corrected chi connectivity index (χ0v) is 13.4. The molecule has 1 aromatic carbocycles. The van der Waals surface area contributed by atoms with E-state index in [4.69, 9.17) is 4.74 Å². The van der Waals surface area contributed by atoms with Gasteiger partial charge in [-0.3, -0.25) is 4.79 Å². The van der Waals surface area contributed by atoms with Gasteiger partial charge in [0.2, 0.25) is 0 Å². The number of fused-ring (bicyclic) bond motifs is 1. The van der Waals surface area contributed by atoms with Gasteiger partial charge in [0, 0.05) is 0 Å². The number of hydrogen-bond donors (Lipinski definition) is 1. The number of ether oxygens (including phenoxy) is 1. The molecule has 0 aromatic heterocycles. The number of carbonyl (C=O) groups is 1. The van der Waals surface area contributed by atoms with Gasteiger partial charge in [-0.2, -0.15) is 8.42 Å². The molecule has 0 spiro atoms. The first-order chi connectivity index (χ1) is 9.96. The topological polar surface area (TPSA) is 84.8 Å². The molecule has 1 aliphatic rings. The van der Waals surface area contributed by atoms with E-state index in [1.54, 1.807) is 19.1 Å². The standard InChI is InChI=1S/C13H16N2O4S2/c1-3-9-5-6-10-11(7-9)21(17,18)15-13(14-10)20-8-12(16)19-4-2/h5-7H,3-4,8H2,1-2H3,(H,14,15). The molecule has 8 heteroatoms. The largest absolute Gasteiger partial charge is 0.465 e. The third kappa shape index (κ3) is 3.76. The fourth-order valence-electron chi connectivity index (χ4n) is 1.79. The van der Waals surface area contributed by atoms with Crippen LogP contribution in [0.25, 0.3) is 0 Å². The molecule has 1 N–H and O–H groups in total. The predicted molar refractivity (Wildman–Crippen MR) is 83.2 cm³/mol. The van der Waals surface area contributed by atoms with Crippen LogP contribution in [0.3, 0.4) is 0 Å². The monoisotopic (exact) mass is 328 g/mol. The average molecular weight is 328 g/mol. The Morgan fingerprint density at radius 2 is 2.14 bits per heavy atom. The summed E-state index contributed by atoms with van der Waals surface area (Å²) in [6.07, 6.45) is 0.747. The van der Waals surface area contributed by atoms with Crippen molar-refractivity contribution >= 4 is 38.6 Å². The molecule has 0 unspecified atom stereocenters. The second-order valence-corrected chi connectivity index (χ2v) is 6.81. The highest BCUT2D eigenvalue weighted by Gasteiger charge is 2.25. The Hall–Kier alpha value is -1.54. The van der Waals surface area contributed by atoms with Gasteiger partial charge in [0.1, 0.15) is 4.90 Å². The number of aryl methyl sites for hydroxylation is 1. The van der Waals surface area contributed by atoms with Crippen molar-refractivity contribution in [2.45, 2.75) is 25.2 Å². The van der Waals surface area contributed by atoms with Crippen molar-refractivity contribution < 1.29 is 17.9 Å². The molecule has 0 atom stereocenters. The van der Waals surface area contributed by atoms with Gasteiger partial charge < -0.3 is 10.1 Å². The summed E-state index contributed by atoms with van der Waals surface area (Å²) in [6, 6.07) is 5.19. The molecule has 0 saturated heterocycles. The molecule has 21 heavy (non-hydrogen) atoms. The molecule has 0 radical (unpaired) electrons. The summed E-state index contributed by atoms with van der Waals surface area (Å²) in [5.41, 5.74) is 1.41. The van der Waals surface area contributed by atoms with Crippen LogP contribution in [0.4, 0.5) is 5.69 Å². The predicted octanol–water partition coefficient (Wildman–Crippen LogP) is 2.02. The number of thioether (sulfide) groups is 1. The van der Waals surface area contributed by atoms with Gasteiger partial charge in [0.25, 0.3) is 10.0 Å². The highest BCUT2D eigenvalue weighted by Crippen LogP contribution is 2.30. The van der Waals surface area contributed by atoms with E-state index in [-0.39, 0.29) is 15.8 Å².